The molecule has 0 saturated carbocycles. The van der Waals surface area contributed by atoms with Crippen molar-refractivity contribution in [3.63, 3.8) is 0 Å². The lowest BCUT2D eigenvalue weighted by molar-refractivity contribution is -0.386. The number of aromatic nitrogens is 2. The molecule has 0 aliphatic carbocycles. The summed E-state index contributed by atoms with van der Waals surface area (Å²) in [4.78, 5) is 39.5. The van der Waals surface area contributed by atoms with E-state index in [-0.39, 0.29) is 35.1 Å². The molecule has 1 N–H and O–H groups in total. The molecule has 1 aromatic carbocycles. The molecule has 0 radical (unpaired) electrons. The van der Waals surface area contributed by atoms with Crippen molar-refractivity contribution in [1.82, 2.24) is 9.55 Å². The van der Waals surface area contributed by atoms with Crippen molar-refractivity contribution < 1.29 is 18.8 Å². The molecule has 2 heterocycles. The fraction of sp³-hybridized carbons (Fsp3) is 0.643. The molecule has 2 aromatic rings. The maximum absolute atomic E-state index is 12.9. The second-order valence-corrected chi connectivity index (χ2v) is 19.0. The SMILES string of the molecule is CC[C@H]1O[C@@H](n2cc(CO[C@@H](c3ccc(I)cc3[N+](=O)[O-])C(C)(C)C)c(=O)[nH]c2=O)CC1O[Si](C)(C)C(C)(C)C. The lowest BCUT2D eigenvalue weighted by Gasteiger charge is -2.39. The van der Waals surface area contributed by atoms with Crippen molar-refractivity contribution in [3.8, 4) is 0 Å². The molecule has 222 valence electrons. The van der Waals surface area contributed by atoms with E-state index in [9.17, 15) is 19.7 Å². The zero-order chi connectivity index (χ0) is 30.2. The third-order valence-electron chi connectivity index (χ3n) is 7.85. The number of H-pyrrole nitrogens is 1. The Morgan fingerprint density at radius 3 is 2.42 bits per heavy atom. The molecule has 40 heavy (non-hydrogen) atoms. The van der Waals surface area contributed by atoms with Crippen LogP contribution in [0, 0.1) is 19.1 Å². The highest BCUT2D eigenvalue weighted by Gasteiger charge is 2.44. The monoisotopic (exact) mass is 687 g/mol. The van der Waals surface area contributed by atoms with Crippen LogP contribution in [0.15, 0.2) is 34.0 Å². The van der Waals surface area contributed by atoms with Gasteiger partial charge in [-0.1, -0.05) is 48.5 Å². The molecule has 1 aliphatic rings. The summed E-state index contributed by atoms with van der Waals surface area (Å²) in [7, 11) is -2.08. The van der Waals surface area contributed by atoms with Crippen LogP contribution >= 0.6 is 22.6 Å². The first-order chi connectivity index (χ1) is 18.4. The smallest absolute Gasteiger partial charge is 0.330 e. The van der Waals surface area contributed by atoms with Crippen molar-refractivity contribution in [1.29, 1.82) is 0 Å². The van der Waals surface area contributed by atoms with Crippen LogP contribution in [0.1, 0.15) is 84.8 Å². The highest BCUT2D eigenvalue weighted by Crippen LogP contribution is 2.42. The fourth-order valence-electron chi connectivity index (χ4n) is 4.63. The summed E-state index contributed by atoms with van der Waals surface area (Å²) in [6.45, 7) is 18.6. The summed E-state index contributed by atoms with van der Waals surface area (Å²) in [6, 6.07) is 5.00. The number of nitrogens with one attached hydrogen (secondary N) is 1. The van der Waals surface area contributed by atoms with Gasteiger partial charge in [0.25, 0.3) is 11.2 Å². The molecule has 1 aliphatic heterocycles. The number of ether oxygens (including phenoxy) is 2. The van der Waals surface area contributed by atoms with E-state index in [4.69, 9.17) is 13.9 Å². The highest BCUT2D eigenvalue weighted by atomic mass is 127. The number of benzene rings is 1. The lowest BCUT2D eigenvalue weighted by atomic mass is 9.84. The third-order valence-corrected chi connectivity index (χ3v) is 13.0. The first-order valence-electron chi connectivity index (χ1n) is 13.6. The van der Waals surface area contributed by atoms with Crippen LogP contribution in [0.3, 0.4) is 0 Å². The third kappa shape index (κ3) is 7.30. The van der Waals surface area contributed by atoms with Gasteiger partial charge in [0.05, 0.1) is 41.0 Å². The largest absolute Gasteiger partial charge is 0.411 e. The Kier molecular flexibility index (Phi) is 9.92. The summed E-state index contributed by atoms with van der Waals surface area (Å²) >= 11 is 2.03. The molecule has 3 rings (SSSR count). The zero-order valence-corrected chi connectivity index (χ0v) is 28.0. The molecule has 0 spiro atoms. The van der Waals surface area contributed by atoms with Gasteiger partial charge < -0.3 is 13.9 Å². The van der Waals surface area contributed by atoms with E-state index in [1.54, 1.807) is 12.1 Å². The van der Waals surface area contributed by atoms with Crippen molar-refractivity contribution in [2.24, 2.45) is 5.41 Å². The van der Waals surface area contributed by atoms with E-state index in [1.807, 2.05) is 50.3 Å². The molecule has 1 aromatic heterocycles. The van der Waals surface area contributed by atoms with Crippen LogP contribution in [0.2, 0.25) is 18.1 Å². The summed E-state index contributed by atoms with van der Waals surface area (Å²) in [5.41, 5.74) is -1.03. The Morgan fingerprint density at radius 1 is 1.23 bits per heavy atom. The molecular weight excluding hydrogens is 645 g/mol. The van der Waals surface area contributed by atoms with Crippen molar-refractivity contribution >= 4 is 36.6 Å². The summed E-state index contributed by atoms with van der Waals surface area (Å²) < 4.78 is 21.3. The van der Waals surface area contributed by atoms with Gasteiger partial charge in [0.15, 0.2) is 8.32 Å². The van der Waals surface area contributed by atoms with E-state index in [1.165, 1.54) is 16.8 Å². The van der Waals surface area contributed by atoms with E-state index in [0.29, 0.717) is 12.0 Å². The Balaban J connectivity index is 1.90. The number of nitro groups is 1. The van der Waals surface area contributed by atoms with Crippen molar-refractivity contribution in [3.05, 3.63) is 70.0 Å². The lowest BCUT2D eigenvalue weighted by Crippen LogP contribution is -2.45. The molecule has 4 atom stereocenters. The first-order valence-corrected chi connectivity index (χ1v) is 17.6. The fourth-order valence-corrected chi connectivity index (χ4v) is 6.47. The van der Waals surface area contributed by atoms with Crippen LogP contribution in [0.5, 0.6) is 0 Å². The zero-order valence-electron chi connectivity index (χ0n) is 24.9. The average Bonchev–Trinajstić information content (AvgIpc) is 3.21. The number of nitrogens with zero attached hydrogens (tertiary/aromatic N) is 2. The summed E-state index contributed by atoms with van der Waals surface area (Å²) in [6.07, 6.45) is 1.07. The van der Waals surface area contributed by atoms with Crippen LogP contribution < -0.4 is 11.2 Å². The van der Waals surface area contributed by atoms with Gasteiger partial charge in [-0.05, 0) is 64.7 Å². The number of halogens is 1. The Morgan fingerprint density at radius 2 is 1.88 bits per heavy atom. The molecular formula is C28H42IN3O7Si. The molecule has 12 heteroatoms. The van der Waals surface area contributed by atoms with Gasteiger partial charge in [-0.2, -0.15) is 0 Å². The minimum absolute atomic E-state index is 0.0262. The predicted molar refractivity (Wildman–Crippen MR) is 165 cm³/mol. The van der Waals surface area contributed by atoms with Crippen LogP contribution in [0.25, 0.3) is 0 Å². The van der Waals surface area contributed by atoms with Gasteiger partial charge in [0.1, 0.15) is 6.23 Å². The van der Waals surface area contributed by atoms with Crippen molar-refractivity contribution in [2.45, 2.75) is 111 Å². The Bertz CT molecular complexity index is 1340. The maximum atomic E-state index is 12.9. The van der Waals surface area contributed by atoms with Crippen LogP contribution in [-0.2, 0) is 20.5 Å². The maximum Gasteiger partial charge on any atom is 0.330 e. The number of hydrogen-bond acceptors (Lipinski definition) is 7. The predicted octanol–water partition coefficient (Wildman–Crippen LogP) is 6.44. The van der Waals surface area contributed by atoms with Crippen molar-refractivity contribution in [2.75, 3.05) is 0 Å². The van der Waals surface area contributed by atoms with Gasteiger partial charge in [0, 0.05) is 22.3 Å². The molecule has 0 bridgehead atoms. The minimum Gasteiger partial charge on any atom is -0.411 e. The number of rotatable bonds is 9. The van der Waals surface area contributed by atoms with Gasteiger partial charge >= 0.3 is 5.69 Å². The Hall–Kier alpha value is -1.87. The standard InChI is InChI=1S/C28H42IN3O7Si/c1-10-21-22(39-40(8,9)28(5,6)7)14-23(38-21)31-15-17(25(33)30-26(31)34)16-37-24(27(2,3)4)19-12-11-18(29)13-20(19)32(35)36/h11-13,15,21-24H,10,14,16H2,1-9H3,(H,30,33,34)/t21-,22?,23-,24+/m1/s1. The van der Waals surface area contributed by atoms with E-state index < -0.39 is 42.2 Å². The topological polar surface area (TPSA) is 126 Å². The average molecular weight is 688 g/mol. The molecule has 0 amide bonds. The molecule has 1 fully saturated rings. The highest BCUT2D eigenvalue weighted by molar-refractivity contribution is 14.1. The number of nitro benzene ring substituents is 1. The second kappa shape index (κ2) is 12.2. The molecule has 10 nitrogen and oxygen atoms in total. The van der Waals surface area contributed by atoms with E-state index >= 15 is 0 Å². The van der Waals surface area contributed by atoms with Crippen LogP contribution in [0.4, 0.5) is 5.69 Å². The minimum atomic E-state index is -2.08. The Labute approximate surface area is 250 Å². The molecule has 1 saturated heterocycles. The quantitative estimate of drug-likeness (QED) is 0.139. The summed E-state index contributed by atoms with van der Waals surface area (Å²) in [5, 5.41) is 11.8. The summed E-state index contributed by atoms with van der Waals surface area (Å²) in [5.74, 6) is 0. The number of aromatic amines is 1. The normalized spacial score (nSPS) is 21.0. The van der Waals surface area contributed by atoms with Gasteiger partial charge in [-0.15, -0.1) is 0 Å². The van der Waals surface area contributed by atoms with Gasteiger partial charge in [0.2, 0.25) is 0 Å². The molecule has 1 unspecified atom stereocenters. The number of hydrogen-bond donors (Lipinski definition) is 1. The van der Waals surface area contributed by atoms with Gasteiger partial charge in [-0.25, -0.2) is 4.79 Å². The first kappa shape index (κ1) is 32.6. The second-order valence-electron chi connectivity index (χ2n) is 13.0. The van der Waals surface area contributed by atoms with E-state index in [2.05, 4.69) is 38.8 Å². The van der Waals surface area contributed by atoms with E-state index in [0.717, 1.165) is 9.99 Å². The van der Waals surface area contributed by atoms with Gasteiger partial charge in [-0.3, -0.25) is 24.5 Å². The van der Waals surface area contributed by atoms with Crippen LogP contribution in [-0.4, -0.2) is 35.0 Å².